The summed E-state index contributed by atoms with van der Waals surface area (Å²) in [5.41, 5.74) is 3.07. The van der Waals surface area contributed by atoms with E-state index in [0.29, 0.717) is 18.8 Å². The molecule has 3 heterocycles. The van der Waals surface area contributed by atoms with E-state index in [1.165, 1.54) is 35.5 Å². The Morgan fingerprint density at radius 1 is 1.00 bits per heavy atom. The van der Waals surface area contributed by atoms with Gasteiger partial charge in [-0.05, 0) is 29.8 Å². The quantitative estimate of drug-likeness (QED) is 0.453. The van der Waals surface area contributed by atoms with Crippen molar-refractivity contribution < 1.29 is 9.18 Å². The molecule has 2 aromatic heterocycles. The highest BCUT2D eigenvalue weighted by Crippen LogP contribution is 2.36. The number of nitrogens with one attached hydrogen (secondary N) is 1. The zero-order valence-corrected chi connectivity index (χ0v) is 18.9. The van der Waals surface area contributed by atoms with E-state index in [1.807, 2.05) is 28.5 Å². The molecule has 0 saturated carbocycles. The van der Waals surface area contributed by atoms with E-state index >= 15 is 0 Å². The molecule has 1 aliphatic rings. The van der Waals surface area contributed by atoms with Crippen LogP contribution in [0.1, 0.15) is 6.42 Å². The maximum Gasteiger partial charge on any atom is 0.224 e. The predicted molar refractivity (Wildman–Crippen MR) is 131 cm³/mol. The number of nitrogens with zero attached hydrogens (tertiary/aromatic N) is 4. The molecule has 1 fully saturated rings. The van der Waals surface area contributed by atoms with Gasteiger partial charge in [0.15, 0.2) is 0 Å². The van der Waals surface area contributed by atoms with Crippen molar-refractivity contribution in [3.8, 4) is 11.1 Å². The molecule has 1 amide bonds. The largest absolute Gasteiger partial charge is 0.369 e. The lowest BCUT2D eigenvalue weighted by atomic mass is 10.1. The van der Waals surface area contributed by atoms with Crippen molar-refractivity contribution in [2.24, 2.45) is 0 Å². The minimum Gasteiger partial charge on any atom is -0.369 e. The Morgan fingerprint density at radius 3 is 2.52 bits per heavy atom. The third kappa shape index (κ3) is 4.66. The molecule has 5 rings (SSSR count). The van der Waals surface area contributed by atoms with Crippen LogP contribution in [0.25, 0.3) is 21.3 Å². The Kier molecular flexibility index (Phi) is 6.17. The minimum atomic E-state index is -0.268. The number of carbonyl (C=O) groups excluding carboxylic acids is 1. The number of hydrogen-bond donors (Lipinski definition) is 1. The van der Waals surface area contributed by atoms with Crippen molar-refractivity contribution in [2.75, 3.05) is 42.9 Å². The normalized spacial score (nSPS) is 14.0. The summed E-state index contributed by atoms with van der Waals surface area (Å²) < 4.78 is 13.4. The average molecular weight is 462 g/mol. The number of carbonyl (C=O) groups is 1. The topological polar surface area (TPSA) is 61.4 Å². The van der Waals surface area contributed by atoms with Crippen LogP contribution in [0.15, 0.2) is 66.3 Å². The summed E-state index contributed by atoms with van der Waals surface area (Å²) >= 11 is 1.52. The Balaban J connectivity index is 1.21. The number of rotatable bonds is 6. The molecule has 0 bridgehead atoms. The van der Waals surface area contributed by atoms with Gasteiger partial charge in [0, 0.05) is 55.8 Å². The van der Waals surface area contributed by atoms with Gasteiger partial charge in [-0.15, -0.1) is 11.3 Å². The zero-order chi connectivity index (χ0) is 22.6. The molecule has 0 radical (unpaired) electrons. The number of piperazine rings is 1. The zero-order valence-electron chi connectivity index (χ0n) is 18.1. The molecule has 8 heteroatoms. The fraction of sp³-hybridized carbons (Fsp3) is 0.240. The van der Waals surface area contributed by atoms with Crippen LogP contribution < -0.4 is 10.2 Å². The Hall–Kier alpha value is -3.52. The number of para-hydroxylation sites is 1. The van der Waals surface area contributed by atoms with Crippen LogP contribution >= 0.6 is 11.3 Å². The van der Waals surface area contributed by atoms with Gasteiger partial charge in [0.1, 0.15) is 22.8 Å². The first-order valence-corrected chi connectivity index (χ1v) is 11.9. The van der Waals surface area contributed by atoms with Crippen molar-refractivity contribution in [2.45, 2.75) is 6.42 Å². The predicted octanol–water partition coefficient (Wildman–Crippen LogP) is 4.65. The third-order valence-electron chi connectivity index (χ3n) is 5.91. The summed E-state index contributed by atoms with van der Waals surface area (Å²) in [6, 6.07) is 16.7. The van der Waals surface area contributed by atoms with Gasteiger partial charge in [-0.2, -0.15) is 0 Å². The van der Waals surface area contributed by atoms with Gasteiger partial charge in [-0.1, -0.05) is 30.3 Å². The first kappa shape index (κ1) is 21.3. The van der Waals surface area contributed by atoms with Gasteiger partial charge in [-0.25, -0.2) is 14.4 Å². The summed E-state index contributed by atoms with van der Waals surface area (Å²) in [4.78, 5) is 26.7. The molecule has 1 N–H and O–H groups in total. The van der Waals surface area contributed by atoms with Crippen LogP contribution in [0.2, 0.25) is 0 Å². The molecule has 168 valence electrons. The molecule has 4 aromatic rings. The summed E-state index contributed by atoms with van der Waals surface area (Å²) in [6.07, 6.45) is 1.92. The highest BCUT2D eigenvalue weighted by molar-refractivity contribution is 7.17. The number of aromatic nitrogens is 2. The highest BCUT2D eigenvalue weighted by Gasteiger charge is 2.21. The van der Waals surface area contributed by atoms with E-state index < -0.39 is 0 Å². The molecule has 6 nitrogen and oxygen atoms in total. The van der Waals surface area contributed by atoms with Crippen LogP contribution in [-0.4, -0.2) is 53.5 Å². The van der Waals surface area contributed by atoms with Gasteiger partial charge in [0.2, 0.25) is 5.91 Å². The smallest absolute Gasteiger partial charge is 0.224 e. The van der Waals surface area contributed by atoms with Crippen LogP contribution in [0, 0.1) is 5.82 Å². The summed E-state index contributed by atoms with van der Waals surface area (Å²) in [5, 5.41) is 6.23. The van der Waals surface area contributed by atoms with Gasteiger partial charge in [0.25, 0.3) is 0 Å². The number of benzene rings is 2. The lowest BCUT2D eigenvalue weighted by molar-refractivity contribution is -0.131. The monoisotopic (exact) mass is 461 g/mol. The SMILES string of the molecule is O=C(CCNc1ncnc2scc(-c3ccc(F)cc3)c12)N1CCN(c2ccccc2)CC1. The fourth-order valence-corrected chi connectivity index (χ4v) is 5.07. The molecule has 0 aliphatic carbocycles. The molecule has 2 aromatic carbocycles. The highest BCUT2D eigenvalue weighted by atomic mass is 32.1. The van der Waals surface area contributed by atoms with Crippen LogP contribution in [0.5, 0.6) is 0 Å². The van der Waals surface area contributed by atoms with Crippen molar-refractivity contribution in [1.29, 1.82) is 0 Å². The molecule has 0 atom stereocenters. The van der Waals surface area contributed by atoms with Crippen LogP contribution in [0.3, 0.4) is 0 Å². The fourth-order valence-electron chi connectivity index (χ4n) is 4.15. The minimum absolute atomic E-state index is 0.143. The third-order valence-corrected chi connectivity index (χ3v) is 6.80. The first-order valence-electron chi connectivity index (χ1n) is 11.0. The number of fused-ring (bicyclic) bond motifs is 1. The lowest BCUT2D eigenvalue weighted by Crippen LogP contribution is -2.49. The number of amides is 1. The van der Waals surface area contributed by atoms with Gasteiger partial charge in [0.05, 0.1) is 5.39 Å². The van der Waals surface area contributed by atoms with E-state index in [1.54, 1.807) is 12.1 Å². The van der Waals surface area contributed by atoms with E-state index in [2.05, 4.69) is 32.3 Å². The second-order valence-electron chi connectivity index (χ2n) is 7.94. The van der Waals surface area contributed by atoms with Crippen molar-refractivity contribution in [3.05, 3.63) is 72.1 Å². The van der Waals surface area contributed by atoms with Crippen LogP contribution in [0.4, 0.5) is 15.9 Å². The number of hydrogen-bond acceptors (Lipinski definition) is 6. The van der Waals surface area contributed by atoms with Crippen molar-refractivity contribution in [3.63, 3.8) is 0 Å². The number of halogens is 1. The standard InChI is InChI=1S/C25H24FN5OS/c26-19-8-6-18(7-9-19)21-16-33-25-23(21)24(28-17-29-25)27-11-10-22(32)31-14-12-30(13-15-31)20-4-2-1-3-5-20/h1-9,16-17H,10-15H2,(H,27,28,29). The van der Waals surface area contributed by atoms with E-state index in [-0.39, 0.29) is 11.7 Å². The van der Waals surface area contributed by atoms with Crippen LogP contribution in [-0.2, 0) is 4.79 Å². The summed E-state index contributed by atoms with van der Waals surface area (Å²) in [6.45, 7) is 3.62. The second kappa shape index (κ2) is 9.54. The van der Waals surface area contributed by atoms with Crippen molar-refractivity contribution in [1.82, 2.24) is 14.9 Å². The summed E-state index contributed by atoms with van der Waals surface area (Å²) in [7, 11) is 0. The number of thiophene rings is 1. The van der Waals surface area contributed by atoms with Gasteiger partial charge < -0.3 is 15.1 Å². The van der Waals surface area contributed by atoms with Gasteiger partial charge >= 0.3 is 0 Å². The molecular formula is C25H24FN5OS. The molecule has 0 unspecified atom stereocenters. The maximum atomic E-state index is 13.4. The Labute approximate surface area is 195 Å². The molecule has 1 aliphatic heterocycles. The second-order valence-corrected chi connectivity index (χ2v) is 8.80. The first-order chi connectivity index (χ1) is 16.2. The number of anilines is 2. The molecule has 33 heavy (non-hydrogen) atoms. The molecule has 1 saturated heterocycles. The Morgan fingerprint density at radius 2 is 1.76 bits per heavy atom. The van der Waals surface area contributed by atoms with E-state index in [0.717, 1.165) is 47.5 Å². The Bertz CT molecular complexity index is 1240. The molecule has 0 spiro atoms. The van der Waals surface area contributed by atoms with Gasteiger partial charge in [-0.3, -0.25) is 4.79 Å². The maximum absolute atomic E-state index is 13.4. The lowest BCUT2D eigenvalue weighted by Gasteiger charge is -2.36. The molecular weight excluding hydrogens is 437 g/mol. The van der Waals surface area contributed by atoms with E-state index in [4.69, 9.17) is 0 Å². The average Bonchev–Trinajstić information content (AvgIpc) is 3.30. The van der Waals surface area contributed by atoms with E-state index in [9.17, 15) is 9.18 Å². The summed E-state index contributed by atoms with van der Waals surface area (Å²) in [5.74, 6) is 0.572. The van der Waals surface area contributed by atoms with Crippen molar-refractivity contribution >= 4 is 39.0 Å².